The molecule has 0 saturated heterocycles. The minimum Gasteiger partial charge on any atom is -0.493 e. The van der Waals surface area contributed by atoms with Crippen LogP contribution in [0.3, 0.4) is 0 Å². The second-order valence-corrected chi connectivity index (χ2v) is 5.58. The molecule has 1 amide bonds. The van der Waals surface area contributed by atoms with Gasteiger partial charge in [-0.2, -0.15) is 0 Å². The number of alkyl carbamates (subject to hydrolysis) is 1. The molecule has 0 aliphatic carbocycles. The quantitative estimate of drug-likeness (QED) is 0.598. The summed E-state index contributed by atoms with van der Waals surface area (Å²) >= 11 is 0. The normalized spacial score (nSPS) is 11.0. The van der Waals surface area contributed by atoms with E-state index in [2.05, 4.69) is 15.6 Å². The monoisotopic (exact) mass is 314 g/mol. The Morgan fingerprint density at radius 3 is 2.64 bits per heavy atom. The lowest BCUT2D eigenvalue weighted by atomic mass is 10.2. The minimum atomic E-state index is -0.518. The lowest BCUT2D eigenvalue weighted by Crippen LogP contribution is -2.33. The van der Waals surface area contributed by atoms with Crippen molar-refractivity contribution in [2.24, 2.45) is 0 Å². The second-order valence-electron chi connectivity index (χ2n) is 5.58. The van der Waals surface area contributed by atoms with Gasteiger partial charge in [-0.15, -0.1) is 0 Å². The lowest BCUT2D eigenvalue weighted by molar-refractivity contribution is 0.0525. The zero-order chi connectivity index (χ0) is 16.6. The van der Waals surface area contributed by atoms with E-state index in [0.717, 1.165) is 0 Å². The van der Waals surface area contributed by atoms with E-state index in [1.807, 2.05) is 0 Å². The van der Waals surface area contributed by atoms with Crippen molar-refractivity contribution in [1.29, 1.82) is 0 Å². The Morgan fingerprint density at radius 2 is 2.05 bits per heavy atom. The van der Waals surface area contributed by atoms with Crippen LogP contribution in [0, 0.1) is 5.82 Å². The van der Waals surface area contributed by atoms with E-state index < -0.39 is 17.5 Å². The zero-order valence-electron chi connectivity index (χ0n) is 13.4. The molecule has 0 radical (unpaired) electrons. The number of benzene rings is 1. The van der Waals surface area contributed by atoms with Crippen molar-refractivity contribution in [3.63, 3.8) is 0 Å². The molecule has 0 unspecified atom stereocenters. The predicted octanol–water partition coefficient (Wildman–Crippen LogP) is 3.09. The Kier molecular flexibility index (Phi) is 6.91. The van der Waals surface area contributed by atoms with Crippen LogP contribution in [0.25, 0.3) is 0 Å². The molecular formula is C15H23FN2O4. The third-order valence-corrected chi connectivity index (χ3v) is 2.41. The van der Waals surface area contributed by atoms with E-state index in [-0.39, 0.29) is 5.69 Å². The van der Waals surface area contributed by atoms with Crippen LogP contribution < -0.4 is 15.5 Å². The third-order valence-electron chi connectivity index (χ3n) is 2.41. The summed E-state index contributed by atoms with van der Waals surface area (Å²) in [5, 5.41) is 2.62. The van der Waals surface area contributed by atoms with Crippen molar-refractivity contribution in [3.05, 3.63) is 24.0 Å². The highest BCUT2D eigenvalue weighted by molar-refractivity contribution is 5.67. The van der Waals surface area contributed by atoms with Crippen LogP contribution in [0.4, 0.5) is 14.9 Å². The van der Waals surface area contributed by atoms with Gasteiger partial charge in [0.25, 0.3) is 0 Å². The van der Waals surface area contributed by atoms with Gasteiger partial charge in [0.15, 0.2) is 5.82 Å². The fourth-order valence-electron chi connectivity index (χ4n) is 1.55. The van der Waals surface area contributed by atoms with Crippen LogP contribution >= 0.6 is 0 Å². The zero-order valence-corrected chi connectivity index (χ0v) is 13.4. The predicted molar refractivity (Wildman–Crippen MR) is 81.4 cm³/mol. The summed E-state index contributed by atoms with van der Waals surface area (Å²) in [4.78, 5) is 16.0. The number of anilines is 1. The lowest BCUT2D eigenvalue weighted by Gasteiger charge is -2.19. The molecule has 124 valence electrons. The fraction of sp³-hybridized carbons (Fsp3) is 0.533. The summed E-state index contributed by atoms with van der Waals surface area (Å²) in [6, 6.07) is 4.42. The van der Waals surface area contributed by atoms with Gasteiger partial charge in [-0.05, 0) is 39.3 Å². The maximum Gasteiger partial charge on any atom is 0.407 e. The standard InChI is InChI=1S/C15H23FN2O4/c1-15(2,3)22-14(19)17-8-5-9-21-11-6-7-13(18-20-4)12(16)10-11/h6-7,10,18H,5,8-9H2,1-4H3,(H,17,19). The summed E-state index contributed by atoms with van der Waals surface area (Å²) in [6.07, 6.45) is 0.118. The Morgan fingerprint density at radius 1 is 1.32 bits per heavy atom. The summed E-state index contributed by atoms with van der Waals surface area (Å²) in [5.41, 5.74) is 2.14. The van der Waals surface area contributed by atoms with Gasteiger partial charge in [0.05, 0.1) is 19.4 Å². The van der Waals surface area contributed by atoms with Crippen molar-refractivity contribution in [3.8, 4) is 5.75 Å². The maximum absolute atomic E-state index is 13.6. The average Bonchev–Trinajstić information content (AvgIpc) is 2.39. The van der Waals surface area contributed by atoms with Crippen LogP contribution in [0.5, 0.6) is 5.75 Å². The third kappa shape index (κ3) is 7.12. The van der Waals surface area contributed by atoms with Crippen molar-refractivity contribution >= 4 is 11.8 Å². The molecule has 0 fully saturated rings. The molecule has 0 atom stereocenters. The van der Waals surface area contributed by atoms with Gasteiger partial charge in [0, 0.05) is 12.6 Å². The van der Waals surface area contributed by atoms with Crippen LogP contribution in [0.2, 0.25) is 0 Å². The van der Waals surface area contributed by atoms with Crippen LogP contribution in [-0.4, -0.2) is 32.0 Å². The van der Waals surface area contributed by atoms with Crippen molar-refractivity contribution < 1.29 is 23.5 Å². The number of amides is 1. The van der Waals surface area contributed by atoms with E-state index in [0.29, 0.717) is 25.3 Å². The minimum absolute atomic E-state index is 0.237. The number of hydrogen-bond donors (Lipinski definition) is 2. The molecule has 1 rings (SSSR count). The van der Waals surface area contributed by atoms with Crippen molar-refractivity contribution in [1.82, 2.24) is 5.32 Å². The maximum atomic E-state index is 13.6. The van der Waals surface area contributed by atoms with E-state index in [4.69, 9.17) is 9.47 Å². The number of halogens is 1. The first-order valence-corrected chi connectivity index (χ1v) is 7.00. The second kappa shape index (κ2) is 8.43. The molecule has 7 heteroatoms. The largest absolute Gasteiger partial charge is 0.493 e. The number of carbonyl (C=O) groups excluding carboxylic acids is 1. The molecule has 2 N–H and O–H groups in total. The van der Waals surface area contributed by atoms with E-state index in [9.17, 15) is 9.18 Å². The summed E-state index contributed by atoms with van der Waals surface area (Å²) in [5.74, 6) is -0.0531. The van der Waals surface area contributed by atoms with Crippen molar-refractivity contribution in [2.45, 2.75) is 32.8 Å². The van der Waals surface area contributed by atoms with Gasteiger partial charge >= 0.3 is 6.09 Å². The molecule has 0 saturated carbocycles. The summed E-state index contributed by atoms with van der Waals surface area (Å²) in [7, 11) is 1.40. The Bertz CT molecular complexity index is 489. The first-order valence-electron chi connectivity index (χ1n) is 7.00. The molecule has 1 aromatic carbocycles. The molecule has 0 aromatic heterocycles. The number of ether oxygens (including phenoxy) is 2. The summed E-state index contributed by atoms with van der Waals surface area (Å²) < 4.78 is 24.1. The van der Waals surface area contributed by atoms with E-state index >= 15 is 0 Å². The van der Waals surface area contributed by atoms with Crippen LogP contribution in [0.1, 0.15) is 27.2 Å². The topological polar surface area (TPSA) is 68.8 Å². The number of nitrogens with one attached hydrogen (secondary N) is 2. The molecule has 6 nitrogen and oxygen atoms in total. The summed E-state index contributed by atoms with van der Waals surface area (Å²) in [6.45, 7) is 6.16. The smallest absolute Gasteiger partial charge is 0.407 e. The average molecular weight is 314 g/mol. The van der Waals surface area contributed by atoms with Gasteiger partial charge in [-0.25, -0.2) is 9.18 Å². The highest BCUT2D eigenvalue weighted by Crippen LogP contribution is 2.20. The van der Waals surface area contributed by atoms with Crippen LogP contribution in [-0.2, 0) is 9.57 Å². The van der Waals surface area contributed by atoms with Gasteiger partial charge in [-0.3, -0.25) is 10.3 Å². The molecule has 1 aromatic rings. The van der Waals surface area contributed by atoms with E-state index in [1.54, 1.807) is 26.8 Å². The SMILES string of the molecule is CONc1ccc(OCCCNC(=O)OC(C)(C)C)cc1F. The molecule has 0 heterocycles. The molecule has 0 bridgehead atoms. The van der Waals surface area contributed by atoms with Gasteiger partial charge < -0.3 is 14.8 Å². The highest BCUT2D eigenvalue weighted by atomic mass is 19.1. The highest BCUT2D eigenvalue weighted by Gasteiger charge is 2.15. The fourth-order valence-corrected chi connectivity index (χ4v) is 1.55. The molecule has 22 heavy (non-hydrogen) atoms. The Labute approximate surface area is 129 Å². The Hall–Kier alpha value is -2.02. The number of rotatable bonds is 7. The molecular weight excluding hydrogens is 291 g/mol. The molecule has 0 aliphatic rings. The Balaban J connectivity index is 2.25. The first-order chi connectivity index (χ1) is 10.3. The number of hydrogen-bond acceptors (Lipinski definition) is 5. The first kappa shape index (κ1) is 18.0. The molecule has 0 aliphatic heterocycles. The van der Waals surface area contributed by atoms with Crippen LogP contribution in [0.15, 0.2) is 18.2 Å². The van der Waals surface area contributed by atoms with Gasteiger partial charge in [-0.1, -0.05) is 0 Å². The van der Waals surface area contributed by atoms with Gasteiger partial charge in [0.2, 0.25) is 0 Å². The number of carbonyl (C=O) groups is 1. The van der Waals surface area contributed by atoms with E-state index in [1.165, 1.54) is 19.2 Å². The van der Waals surface area contributed by atoms with Gasteiger partial charge in [0.1, 0.15) is 11.4 Å². The van der Waals surface area contributed by atoms with Crippen molar-refractivity contribution in [2.75, 3.05) is 25.7 Å². The molecule has 0 spiro atoms.